The summed E-state index contributed by atoms with van der Waals surface area (Å²) < 4.78 is 0. The lowest BCUT2D eigenvalue weighted by atomic mass is 10.1. The van der Waals surface area contributed by atoms with Crippen molar-refractivity contribution in [2.75, 3.05) is 11.9 Å². The van der Waals surface area contributed by atoms with Crippen LogP contribution in [0.1, 0.15) is 18.2 Å². The molecule has 2 aromatic heterocycles. The smallest absolute Gasteiger partial charge is 0.243 e. The number of nitrogens with one attached hydrogen (secondary N) is 1. The molecule has 1 atom stereocenters. The van der Waals surface area contributed by atoms with Crippen molar-refractivity contribution in [3.63, 3.8) is 0 Å². The van der Waals surface area contributed by atoms with Crippen LogP contribution < -0.4 is 5.32 Å². The van der Waals surface area contributed by atoms with Gasteiger partial charge in [0.25, 0.3) is 0 Å². The van der Waals surface area contributed by atoms with Crippen molar-refractivity contribution < 1.29 is 4.79 Å². The zero-order chi connectivity index (χ0) is 13.9. The lowest BCUT2D eigenvalue weighted by molar-refractivity contribution is -0.121. The van der Waals surface area contributed by atoms with E-state index in [1.54, 1.807) is 12.5 Å². The molecule has 3 rings (SSSR count). The van der Waals surface area contributed by atoms with Crippen LogP contribution in [-0.4, -0.2) is 38.3 Å². The number of amides is 1. The molecule has 0 saturated heterocycles. The molecule has 1 amide bonds. The van der Waals surface area contributed by atoms with Crippen LogP contribution in [0.4, 0.5) is 5.13 Å². The van der Waals surface area contributed by atoms with Gasteiger partial charge in [-0.2, -0.15) is 0 Å². The van der Waals surface area contributed by atoms with Crippen molar-refractivity contribution in [3.05, 3.63) is 35.4 Å². The highest BCUT2D eigenvalue weighted by atomic mass is 32.1. The number of nitrogens with zero attached hydrogens (tertiary/aromatic N) is 4. The zero-order valence-electron chi connectivity index (χ0n) is 11.1. The van der Waals surface area contributed by atoms with Crippen molar-refractivity contribution in [2.45, 2.75) is 25.9 Å². The van der Waals surface area contributed by atoms with Crippen molar-refractivity contribution >= 4 is 22.4 Å². The molecule has 1 aliphatic rings. The Morgan fingerprint density at radius 3 is 3.20 bits per heavy atom. The number of fused-ring (bicyclic) bond motifs is 1. The molecule has 3 heterocycles. The first-order valence-electron chi connectivity index (χ1n) is 6.46. The first kappa shape index (κ1) is 13.1. The maximum atomic E-state index is 12.2. The summed E-state index contributed by atoms with van der Waals surface area (Å²) in [5.41, 5.74) is 2.19. The maximum Gasteiger partial charge on any atom is 0.243 e. The molecule has 0 spiro atoms. The van der Waals surface area contributed by atoms with Crippen LogP contribution in [0.25, 0.3) is 0 Å². The van der Waals surface area contributed by atoms with Gasteiger partial charge in [-0.15, -0.1) is 11.3 Å². The van der Waals surface area contributed by atoms with Crippen LogP contribution in [0.15, 0.2) is 24.1 Å². The van der Waals surface area contributed by atoms with Gasteiger partial charge >= 0.3 is 0 Å². The Morgan fingerprint density at radius 1 is 1.50 bits per heavy atom. The normalized spacial score (nSPS) is 16.4. The van der Waals surface area contributed by atoms with E-state index in [0.29, 0.717) is 11.7 Å². The molecule has 0 aromatic carbocycles. The predicted molar refractivity (Wildman–Crippen MR) is 76.4 cm³/mol. The summed E-state index contributed by atoms with van der Waals surface area (Å²) in [6, 6.07) is -0.206. The molecule has 7 heteroatoms. The van der Waals surface area contributed by atoms with E-state index in [4.69, 9.17) is 0 Å². The highest BCUT2D eigenvalue weighted by Crippen LogP contribution is 2.18. The molecule has 20 heavy (non-hydrogen) atoms. The lowest BCUT2D eigenvalue weighted by Gasteiger charge is -2.31. The lowest BCUT2D eigenvalue weighted by Crippen LogP contribution is -2.44. The Hall–Kier alpha value is -1.86. The molecule has 0 aliphatic carbocycles. The van der Waals surface area contributed by atoms with E-state index in [0.717, 1.165) is 18.7 Å². The van der Waals surface area contributed by atoms with Gasteiger partial charge in [0, 0.05) is 30.9 Å². The minimum absolute atomic E-state index is 0.0301. The van der Waals surface area contributed by atoms with Gasteiger partial charge in [0.05, 0.1) is 11.7 Å². The van der Waals surface area contributed by atoms with E-state index in [1.807, 2.05) is 18.5 Å². The Labute approximate surface area is 120 Å². The standard InChI is InChI=1S/C13H15N5OS/c1-9(12(19)17-13-15-3-5-20-13)18-4-2-10-6-14-8-16-11(10)7-18/h3,5-6,8-9H,2,4,7H2,1H3,(H,15,17,19). The Balaban J connectivity index is 1.66. The van der Waals surface area contributed by atoms with E-state index in [9.17, 15) is 4.79 Å². The molecule has 1 unspecified atom stereocenters. The van der Waals surface area contributed by atoms with Gasteiger partial charge in [-0.1, -0.05) is 0 Å². The SMILES string of the molecule is CC(C(=O)Nc1nccs1)N1CCc2cncnc2C1. The van der Waals surface area contributed by atoms with E-state index in [1.165, 1.54) is 16.9 Å². The van der Waals surface area contributed by atoms with Crippen LogP contribution in [0.3, 0.4) is 0 Å². The molecule has 1 N–H and O–H groups in total. The van der Waals surface area contributed by atoms with Crippen molar-refractivity contribution in [1.29, 1.82) is 0 Å². The monoisotopic (exact) mass is 289 g/mol. The fraction of sp³-hybridized carbons (Fsp3) is 0.385. The van der Waals surface area contributed by atoms with Gasteiger partial charge < -0.3 is 5.32 Å². The fourth-order valence-corrected chi connectivity index (χ4v) is 2.79. The third-order valence-corrected chi connectivity index (χ3v) is 4.18. The van der Waals surface area contributed by atoms with Gasteiger partial charge in [0.1, 0.15) is 6.33 Å². The Bertz CT molecular complexity index is 601. The molecule has 0 bridgehead atoms. The molecule has 1 aliphatic heterocycles. The number of rotatable bonds is 3. The van der Waals surface area contributed by atoms with E-state index >= 15 is 0 Å². The highest BCUT2D eigenvalue weighted by Gasteiger charge is 2.26. The number of hydrogen-bond donors (Lipinski definition) is 1. The number of carbonyl (C=O) groups excluding carboxylic acids is 1. The maximum absolute atomic E-state index is 12.2. The number of carbonyl (C=O) groups is 1. The number of thiazole rings is 1. The predicted octanol–water partition coefficient (Wildman–Crippen LogP) is 1.32. The summed E-state index contributed by atoms with van der Waals surface area (Å²) in [5.74, 6) is -0.0301. The quantitative estimate of drug-likeness (QED) is 0.922. The minimum atomic E-state index is -0.206. The first-order chi connectivity index (χ1) is 9.74. The van der Waals surface area contributed by atoms with Crippen LogP contribution in [0, 0.1) is 0 Å². The number of hydrogen-bond acceptors (Lipinski definition) is 6. The third-order valence-electron chi connectivity index (χ3n) is 3.49. The first-order valence-corrected chi connectivity index (χ1v) is 7.34. The molecule has 2 aromatic rings. The molecule has 6 nitrogen and oxygen atoms in total. The van der Waals surface area contributed by atoms with Crippen LogP contribution in [-0.2, 0) is 17.8 Å². The summed E-state index contributed by atoms with van der Waals surface area (Å²) >= 11 is 1.42. The minimum Gasteiger partial charge on any atom is -0.301 e. The van der Waals surface area contributed by atoms with Crippen molar-refractivity contribution in [2.24, 2.45) is 0 Å². The Kier molecular flexibility index (Phi) is 3.70. The second-order valence-electron chi connectivity index (χ2n) is 4.72. The molecule has 0 saturated carbocycles. The van der Waals surface area contributed by atoms with Gasteiger partial charge in [-0.3, -0.25) is 9.69 Å². The van der Waals surface area contributed by atoms with Crippen LogP contribution in [0.2, 0.25) is 0 Å². The highest BCUT2D eigenvalue weighted by molar-refractivity contribution is 7.13. The molecule has 104 valence electrons. The third kappa shape index (κ3) is 2.68. The Morgan fingerprint density at radius 2 is 2.40 bits per heavy atom. The zero-order valence-corrected chi connectivity index (χ0v) is 11.9. The van der Waals surface area contributed by atoms with Crippen molar-refractivity contribution in [1.82, 2.24) is 19.9 Å². The molecule has 0 fully saturated rings. The van der Waals surface area contributed by atoms with Gasteiger partial charge in [-0.25, -0.2) is 15.0 Å². The summed E-state index contributed by atoms with van der Waals surface area (Å²) in [5, 5.41) is 5.32. The summed E-state index contributed by atoms with van der Waals surface area (Å²) in [6.07, 6.45) is 5.98. The van der Waals surface area contributed by atoms with E-state index < -0.39 is 0 Å². The summed E-state index contributed by atoms with van der Waals surface area (Å²) in [7, 11) is 0. The van der Waals surface area contributed by atoms with E-state index in [2.05, 4.69) is 25.2 Å². The second-order valence-corrected chi connectivity index (χ2v) is 5.61. The van der Waals surface area contributed by atoms with Crippen LogP contribution in [0.5, 0.6) is 0 Å². The van der Waals surface area contributed by atoms with Crippen LogP contribution >= 0.6 is 11.3 Å². The fourth-order valence-electron chi connectivity index (χ4n) is 2.26. The van der Waals surface area contributed by atoms with Gasteiger partial charge in [0.2, 0.25) is 5.91 Å². The average Bonchev–Trinajstić information content (AvgIpc) is 2.99. The summed E-state index contributed by atoms with van der Waals surface area (Å²) in [6.45, 7) is 3.44. The topological polar surface area (TPSA) is 71.0 Å². The average molecular weight is 289 g/mol. The second kappa shape index (κ2) is 5.64. The number of aromatic nitrogens is 3. The molecular formula is C13H15N5OS. The van der Waals surface area contributed by atoms with Crippen molar-refractivity contribution in [3.8, 4) is 0 Å². The van der Waals surface area contributed by atoms with Gasteiger partial charge in [0.15, 0.2) is 5.13 Å². The van der Waals surface area contributed by atoms with E-state index in [-0.39, 0.29) is 11.9 Å². The number of anilines is 1. The molecular weight excluding hydrogens is 274 g/mol. The summed E-state index contributed by atoms with van der Waals surface area (Å²) in [4.78, 5) is 26.7. The largest absolute Gasteiger partial charge is 0.301 e. The molecule has 0 radical (unpaired) electrons. The van der Waals surface area contributed by atoms with Gasteiger partial charge in [-0.05, 0) is 18.9 Å².